The maximum Gasteiger partial charge on any atom is 0.267 e. The largest absolute Gasteiger partial charge is 0.390 e. The zero-order chi connectivity index (χ0) is 13.3. The van der Waals surface area contributed by atoms with Gasteiger partial charge in [-0.25, -0.2) is 9.97 Å². The number of rotatable bonds is 2. The van der Waals surface area contributed by atoms with Crippen molar-refractivity contribution in [2.24, 2.45) is 5.73 Å². The lowest BCUT2D eigenvalue weighted by atomic mass is 10.1. The van der Waals surface area contributed by atoms with E-state index in [1.54, 1.807) is 11.8 Å². The minimum absolute atomic E-state index is 0.151. The quantitative estimate of drug-likeness (QED) is 0.610. The van der Waals surface area contributed by atoms with E-state index in [4.69, 9.17) is 5.73 Å². The number of hydrogen-bond acceptors (Lipinski definition) is 6. The highest BCUT2D eigenvalue weighted by Crippen LogP contribution is 2.17. The lowest BCUT2D eigenvalue weighted by Crippen LogP contribution is -2.47. The number of piperidine rings is 1. The van der Waals surface area contributed by atoms with Crippen LogP contribution >= 0.6 is 0 Å². The van der Waals surface area contributed by atoms with Crippen LogP contribution in [0.2, 0.25) is 0 Å². The van der Waals surface area contributed by atoms with Crippen molar-refractivity contribution in [1.82, 2.24) is 9.97 Å². The van der Waals surface area contributed by atoms with Gasteiger partial charge in [0.05, 0.1) is 12.2 Å². The molecule has 0 aromatic carbocycles. The molecule has 0 bridgehead atoms. The molecule has 4 N–H and O–H groups in total. The number of hydrogen-bond donors (Lipinski definition) is 3. The third-order valence-electron chi connectivity index (χ3n) is 2.92. The molecule has 0 spiro atoms. The Morgan fingerprint density at radius 3 is 2.78 bits per heavy atom. The summed E-state index contributed by atoms with van der Waals surface area (Å²) < 4.78 is 0. The zero-order valence-corrected chi connectivity index (χ0v) is 10.1. The van der Waals surface area contributed by atoms with Crippen LogP contribution in [0.5, 0.6) is 0 Å². The lowest BCUT2D eigenvalue weighted by molar-refractivity contribution is 0.00768. The number of carbonyl (C=O) groups excluding carboxylic acids is 1. The van der Waals surface area contributed by atoms with Crippen LogP contribution in [0.15, 0.2) is 6.07 Å². The molecule has 18 heavy (non-hydrogen) atoms. The van der Waals surface area contributed by atoms with Gasteiger partial charge in [0.15, 0.2) is 0 Å². The van der Waals surface area contributed by atoms with Crippen molar-refractivity contribution in [2.75, 3.05) is 18.0 Å². The van der Waals surface area contributed by atoms with Crippen molar-refractivity contribution in [3.8, 4) is 0 Å². The van der Waals surface area contributed by atoms with Gasteiger partial charge in [-0.3, -0.25) is 4.79 Å². The number of amides is 1. The lowest BCUT2D eigenvalue weighted by Gasteiger charge is -2.33. The van der Waals surface area contributed by atoms with Gasteiger partial charge in [-0.2, -0.15) is 0 Å². The van der Waals surface area contributed by atoms with E-state index in [-0.39, 0.29) is 12.2 Å². The molecule has 7 heteroatoms. The second-order valence-corrected chi connectivity index (χ2v) is 4.43. The topological polar surface area (TPSA) is 113 Å². The maximum absolute atomic E-state index is 11.1. The SMILES string of the molecule is Cc1cc(C(N)=O)nc(N2CCC(O)C(O)C2)n1. The van der Waals surface area contributed by atoms with Crippen LogP contribution in [0, 0.1) is 6.92 Å². The molecular weight excluding hydrogens is 236 g/mol. The number of aliphatic hydroxyl groups is 2. The smallest absolute Gasteiger partial charge is 0.267 e. The second-order valence-electron chi connectivity index (χ2n) is 4.43. The van der Waals surface area contributed by atoms with E-state index in [2.05, 4.69) is 9.97 Å². The Hall–Kier alpha value is -1.73. The van der Waals surface area contributed by atoms with Gasteiger partial charge in [-0.15, -0.1) is 0 Å². The van der Waals surface area contributed by atoms with Crippen molar-refractivity contribution in [2.45, 2.75) is 25.6 Å². The summed E-state index contributed by atoms with van der Waals surface area (Å²) in [7, 11) is 0. The first-order valence-electron chi connectivity index (χ1n) is 5.74. The van der Waals surface area contributed by atoms with Gasteiger partial charge in [0.1, 0.15) is 5.69 Å². The Morgan fingerprint density at radius 2 is 2.17 bits per heavy atom. The van der Waals surface area contributed by atoms with E-state index in [1.165, 1.54) is 6.07 Å². The number of β-amino-alcohol motifs (C(OH)–C–C–N with tert-alkyl or cyclic N) is 1. The van der Waals surface area contributed by atoms with Crippen LogP contribution < -0.4 is 10.6 Å². The summed E-state index contributed by atoms with van der Waals surface area (Å²) in [6.45, 7) is 2.51. The monoisotopic (exact) mass is 252 g/mol. The van der Waals surface area contributed by atoms with E-state index in [9.17, 15) is 15.0 Å². The fraction of sp³-hybridized carbons (Fsp3) is 0.545. The molecule has 1 amide bonds. The van der Waals surface area contributed by atoms with E-state index in [1.807, 2.05) is 0 Å². The van der Waals surface area contributed by atoms with Gasteiger partial charge in [0.2, 0.25) is 5.95 Å². The molecule has 2 heterocycles. The van der Waals surface area contributed by atoms with E-state index < -0.39 is 18.1 Å². The van der Waals surface area contributed by atoms with Crippen molar-refractivity contribution < 1.29 is 15.0 Å². The van der Waals surface area contributed by atoms with E-state index in [0.717, 1.165) is 0 Å². The van der Waals surface area contributed by atoms with Gasteiger partial charge in [0, 0.05) is 18.8 Å². The highest BCUT2D eigenvalue weighted by molar-refractivity contribution is 5.91. The van der Waals surface area contributed by atoms with Gasteiger partial charge in [-0.05, 0) is 19.4 Å². The van der Waals surface area contributed by atoms with Gasteiger partial charge < -0.3 is 20.8 Å². The van der Waals surface area contributed by atoms with Crippen LogP contribution in [0.1, 0.15) is 22.6 Å². The summed E-state index contributed by atoms with van der Waals surface area (Å²) in [5.41, 5.74) is 5.98. The molecule has 2 rings (SSSR count). The summed E-state index contributed by atoms with van der Waals surface area (Å²) in [4.78, 5) is 21.1. The van der Waals surface area contributed by atoms with Crippen LogP contribution in [-0.4, -0.2) is 51.4 Å². The van der Waals surface area contributed by atoms with Crippen molar-refractivity contribution in [1.29, 1.82) is 0 Å². The number of aromatic nitrogens is 2. The Kier molecular flexibility index (Phi) is 3.44. The number of nitrogens with zero attached hydrogens (tertiary/aromatic N) is 3. The summed E-state index contributed by atoms with van der Waals surface area (Å²) in [6.07, 6.45) is -1.12. The number of aryl methyl sites for hydroxylation is 1. The minimum atomic E-state index is -0.833. The van der Waals surface area contributed by atoms with Crippen LogP contribution in [0.25, 0.3) is 0 Å². The van der Waals surface area contributed by atoms with Crippen molar-refractivity contribution >= 4 is 11.9 Å². The highest BCUT2D eigenvalue weighted by Gasteiger charge is 2.27. The van der Waals surface area contributed by atoms with Gasteiger partial charge in [-0.1, -0.05) is 0 Å². The summed E-state index contributed by atoms with van der Waals surface area (Å²) >= 11 is 0. The van der Waals surface area contributed by atoms with E-state index in [0.29, 0.717) is 24.6 Å². The number of carbonyl (C=O) groups is 1. The molecule has 1 aliphatic heterocycles. The molecule has 1 fully saturated rings. The first kappa shape index (κ1) is 12.7. The molecule has 1 aliphatic rings. The maximum atomic E-state index is 11.1. The fourth-order valence-corrected chi connectivity index (χ4v) is 1.92. The predicted molar refractivity (Wildman–Crippen MR) is 64.1 cm³/mol. The standard InChI is InChI=1S/C11H16N4O3/c1-6-4-7(10(12)18)14-11(13-6)15-3-2-8(16)9(17)5-15/h4,8-9,16-17H,2-3,5H2,1H3,(H2,12,18). The van der Waals surface area contributed by atoms with Gasteiger partial charge in [0.25, 0.3) is 5.91 Å². The average molecular weight is 252 g/mol. The number of aliphatic hydroxyl groups excluding tert-OH is 2. The Labute approximate surface area is 104 Å². The summed E-state index contributed by atoms with van der Waals surface area (Å²) in [5, 5.41) is 19.1. The van der Waals surface area contributed by atoms with Crippen LogP contribution in [0.3, 0.4) is 0 Å². The Morgan fingerprint density at radius 1 is 1.44 bits per heavy atom. The second kappa shape index (κ2) is 4.87. The molecule has 1 saturated heterocycles. The van der Waals surface area contributed by atoms with Crippen molar-refractivity contribution in [3.63, 3.8) is 0 Å². The number of primary amides is 1. The molecule has 1 aromatic rings. The third kappa shape index (κ3) is 2.57. The predicted octanol–water partition coefficient (Wildman–Crippen LogP) is -1.18. The first-order chi connectivity index (χ1) is 8.47. The molecule has 0 saturated carbocycles. The third-order valence-corrected chi connectivity index (χ3v) is 2.92. The zero-order valence-electron chi connectivity index (χ0n) is 10.1. The van der Waals surface area contributed by atoms with Crippen LogP contribution in [0.4, 0.5) is 5.95 Å². The molecule has 7 nitrogen and oxygen atoms in total. The Bertz CT molecular complexity index is 466. The molecule has 2 unspecified atom stereocenters. The number of nitrogens with two attached hydrogens (primary N) is 1. The molecule has 2 atom stereocenters. The van der Waals surface area contributed by atoms with Crippen molar-refractivity contribution in [3.05, 3.63) is 17.5 Å². The fourth-order valence-electron chi connectivity index (χ4n) is 1.92. The summed E-state index contributed by atoms with van der Waals surface area (Å²) in [6, 6.07) is 1.51. The van der Waals surface area contributed by atoms with Crippen LogP contribution in [-0.2, 0) is 0 Å². The first-order valence-corrected chi connectivity index (χ1v) is 5.74. The number of anilines is 1. The molecule has 0 radical (unpaired) electrons. The molecule has 0 aliphatic carbocycles. The van der Waals surface area contributed by atoms with Gasteiger partial charge >= 0.3 is 0 Å². The Balaban J connectivity index is 2.25. The molecule has 1 aromatic heterocycles. The molecular formula is C11H16N4O3. The molecule has 98 valence electrons. The highest BCUT2D eigenvalue weighted by atomic mass is 16.3. The van der Waals surface area contributed by atoms with E-state index >= 15 is 0 Å². The normalized spacial score (nSPS) is 24.1. The average Bonchev–Trinajstić information content (AvgIpc) is 2.31. The minimum Gasteiger partial charge on any atom is -0.390 e. The summed E-state index contributed by atoms with van der Waals surface area (Å²) in [5.74, 6) is -0.255.